The smallest absolute Gasteiger partial charge is 0.323 e. The van der Waals surface area contributed by atoms with Crippen molar-refractivity contribution >= 4 is 11.9 Å². The van der Waals surface area contributed by atoms with Crippen LogP contribution in [0.25, 0.3) is 0 Å². The van der Waals surface area contributed by atoms with Gasteiger partial charge in [-0.2, -0.15) is 0 Å². The van der Waals surface area contributed by atoms with Crippen molar-refractivity contribution in [3.05, 3.63) is 35.5 Å². The lowest BCUT2D eigenvalue weighted by Gasteiger charge is -2.44. The average molecular weight is 541 g/mol. The Balaban J connectivity index is 1.59. The maximum atomic E-state index is 12.6. The van der Waals surface area contributed by atoms with Gasteiger partial charge in [0, 0.05) is 13.0 Å². The van der Waals surface area contributed by atoms with Crippen molar-refractivity contribution in [1.29, 1.82) is 0 Å². The lowest BCUT2D eigenvalue weighted by Crippen LogP contribution is -2.36. The molecule has 3 aliphatic rings. The van der Waals surface area contributed by atoms with Gasteiger partial charge in [0.25, 0.3) is 0 Å². The predicted molar refractivity (Wildman–Crippen MR) is 163 cm³/mol. The molecule has 0 amide bonds. The molecule has 220 valence electrons. The highest BCUT2D eigenvalue weighted by Gasteiger charge is 2.50. The first-order chi connectivity index (χ1) is 18.5. The Morgan fingerprint density at radius 1 is 1.10 bits per heavy atom. The Hall–Kier alpha value is -2.08. The summed E-state index contributed by atoms with van der Waals surface area (Å²) in [5, 5.41) is 0. The van der Waals surface area contributed by atoms with Crippen LogP contribution in [0.3, 0.4) is 0 Å². The molecular formula is C33H56N4O2. The fraction of sp³-hybridized carbons (Fsp3) is 0.758. The van der Waals surface area contributed by atoms with E-state index in [0.29, 0.717) is 37.1 Å². The van der Waals surface area contributed by atoms with Crippen molar-refractivity contribution in [2.24, 2.45) is 51.3 Å². The molecule has 3 saturated carbocycles. The van der Waals surface area contributed by atoms with Gasteiger partial charge < -0.3 is 21.9 Å². The summed E-state index contributed by atoms with van der Waals surface area (Å²) in [5.41, 5.74) is 21.2. The van der Waals surface area contributed by atoms with Crippen molar-refractivity contribution in [1.82, 2.24) is 0 Å². The van der Waals surface area contributed by atoms with Crippen LogP contribution in [0.1, 0.15) is 111 Å². The second kappa shape index (κ2) is 14.5. The van der Waals surface area contributed by atoms with Crippen molar-refractivity contribution in [3.63, 3.8) is 0 Å². The third-order valence-corrected chi connectivity index (χ3v) is 9.89. The number of nitrogens with zero attached hydrogens (tertiary/aromatic N) is 1. The molecule has 0 spiro atoms. The third-order valence-electron chi connectivity index (χ3n) is 9.89. The van der Waals surface area contributed by atoms with E-state index in [1.807, 2.05) is 0 Å². The highest BCUT2D eigenvalue weighted by Crippen LogP contribution is 2.60. The molecule has 0 aliphatic heterocycles. The van der Waals surface area contributed by atoms with Crippen molar-refractivity contribution in [2.45, 2.75) is 123 Å². The van der Waals surface area contributed by atoms with Crippen LogP contribution in [0.15, 0.2) is 40.4 Å². The Morgan fingerprint density at radius 3 is 2.59 bits per heavy atom. The first-order valence-electron chi connectivity index (χ1n) is 15.6. The Labute approximate surface area is 238 Å². The minimum absolute atomic E-state index is 0.0557. The van der Waals surface area contributed by atoms with Crippen LogP contribution in [0.5, 0.6) is 0 Å². The number of esters is 1. The lowest BCUT2D eigenvalue weighted by atomic mass is 9.60. The van der Waals surface area contributed by atoms with E-state index in [1.165, 1.54) is 62.5 Å². The fourth-order valence-corrected chi connectivity index (χ4v) is 7.63. The first kappa shape index (κ1) is 31.4. The van der Waals surface area contributed by atoms with E-state index in [4.69, 9.17) is 21.9 Å². The van der Waals surface area contributed by atoms with Gasteiger partial charge in [-0.15, -0.1) is 0 Å². The van der Waals surface area contributed by atoms with E-state index in [2.05, 4.69) is 51.4 Å². The minimum Gasteiger partial charge on any atom is -0.461 e. The highest BCUT2D eigenvalue weighted by molar-refractivity contribution is 5.76. The molecule has 6 N–H and O–H groups in total. The number of hydrogen-bond acceptors (Lipinski definition) is 4. The van der Waals surface area contributed by atoms with Crippen molar-refractivity contribution < 1.29 is 9.53 Å². The molecular weight excluding hydrogens is 484 g/mol. The number of aliphatic imine (C=N–C) groups is 1. The van der Waals surface area contributed by atoms with Crippen LogP contribution >= 0.6 is 0 Å². The zero-order valence-electron chi connectivity index (χ0n) is 25.2. The molecule has 0 aromatic heterocycles. The molecule has 39 heavy (non-hydrogen) atoms. The Morgan fingerprint density at radius 2 is 1.87 bits per heavy atom. The largest absolute Gasteiger partial charge is 0.461 e. The summed E-state index contributed by atoms with van der Waals surface area (Å²) in [6.07, 6.45) is 18.7. The number of carbonyl (C=O) groups is 1. The van der Waals surface area contributed by atoms with E-state index >= 15 is 0 Å². The van der Waals surface area contributed by atoms with Gasteiger partial charge in [0.1, 0.15) is 12.1 Å². The van der Waals surface area contributed by atoms with Gasteiger partial charge in [-0.1, -0.05) is 76.8 Å². The number of guanidine groups is 1. The van der Waals surface area contributed by atoms with Crippen LogP contribution < -0.4 is 17.2 Å². The number of allylic oxidation sites excluding steroid dienone is 4. The average Bonchev–Trinajstić information content (AvgIpc) is 3.24. The van der Waals surface area contributed by atoms with Crippen LogP contribution in [0.2, 0.25) is 0 Å². The van der Waals surface area contributed by atoms with Crippen molar-refractivity contribution in [3.8, 4) is 0 Å². The monoisotopic (exact) mass is 540 g/mol. The zero-order chi connectivity index (χ0) is 28.6. The molecule has 0 bridgehead atoms. The van der Waals surface area contributed by atoms with Crippen LogP contribution in [-0.4, -0.2) is 30.6 Å². The molecule has 3 rings (SSSR count). The zero-order valence-corrected chi connectivity index (χ0v) is 25.2. The van der Waals surface area contributed by atoms with Gasteiger partial charge in [0.2, 0.25) is 0 Å². The van der Waals surface area contributed by atoms with Gasteiger partial charge in [-0.05, 0) is 92.4 Å². The molecule has 0 unspecified atom stereocenters. The number of carbonyl (C=O) groups excluding carboxylic acids is 1. The van der Waals surface area contributed by atoms with Gasteiger partial charge in [-0.25, -0.2) is 0 Å². The summed E-state index contributed by atoms with van der Waals surface area (Å²) in [6.45, 7) is 14.6. The Kier molecular flexibility index (Phi) is 11.7. The number of nitrogens with two attached hydrogens (primary N) is 3. The molecule has 6 nitrogen and oxygen atoms in total. The van der Waals surface area contributed by atoms with E-state index in [0.717, 1.165) is 30.6 Å². The fourth-order valence-electron chi connectivity index (χ4n) is 7.63. The second-order valence-corrected chi connectivity index (χ2v) is 13.3. The molecule has 0 saturated heterocycles. The highest BCUT2D eigenvalue weighted by atomic mass is 16.5. The Bertz CT molecular complexity index is 932. The molecule has 0 aromatic carbocycles. The maximum Gasteiger partial charge on any atom is 0.323 e. The van der Waals surface area contributed by atoms with Crippen LogP contribution in [0, 0.1) is 29.1 Å². The summed E-state index contributed by atoms with van der Waals surface area (Å²) >= 11 is 0. The SMILES string of the molecule is C=C1CC[C@H](OC(=O)[C@H](N)CCCN=C(N)N)CC1=CC=C1CCC[C@]2(C)[C@@H]([C@H](C)CCCC(C)C)CC[C@@H]12. The summed E-state index contributed by atoms with van der Waals surface area (Å²) in [7, 11) is 0. The van der Waals surface area contributed by atoms with Gasteiger partial charge in [-0.3, -0.25) is 9.79 Å². The molecule has 3 aliphatic carbocycles. The lowest BCUT2D eigenvalue weighted by molar-refractivity contribution is -0.151. The summed E-state index contributed by atoms with van der Waals surface area (Å²) < 4.78 is 5.82. The molecule has 3 fully saturated rings. The molecule has 6 atom stereocenters. The van der Waals surface area contributed by atoms with Crippen molar-refractivity contribution in [2.75, 3.05) is 6.54 Å². The third kappa shape index (κ3) is 8.70. The van der Waals surface area contributed by atoms with E-state index in [1.54, 1.807) is 5.57 Å². The number of rotatable bonds is 12. The van der Waals surface area contributed by atoms with Crippen LogP contribution in [0.4, 0.5) is 0 Å². The molecule has 0 aromatic rings. The second-order valence-electron chi connectivity index (χ2n) is 13.3. The summed E-state index contributed by atoms with van der Waals surface area (Å²) in [6, 6.07) is -0.651. The van der Waals surface area contributed by atoms with Crippen LogP contribution in [-0.2, 0) is 9.53 Å². The first-order valence-corrected chi connectivity index (χ1v) is 15.6. The van der Waals surface area contributed by atoms with E-state index in [9.17, 15) is 4.79 Å². The standard InChI is InChI=1S/C33H56N4O2/c1-22(2)9-6-10-24(4)28-17-18-29-25(11-7-19-33(28,29)5)14-15-26-21-27(16-13-23(26)3)39-31(38)30(34)12-8-20-37-32(35)36/h14-15,22,24,27-30H,3,6-13,16-21,34H2,1-2,4-5H3,(H4,35,36,37)/t24-,27+,28-,29+,30-,33-/m1/s1. The topological polar surface area (TPSA) is 117 Å². The number of hydrogen-bond donors (Lipinski definition) is 3. The van der Waals surface area contributed by atoms with E-state index in [-0.39, 0.29) is 18.0 Å². The summed E-state index contributed by atoms with van der Waals surface area (Å²) in [5.74, 6) is 2.87. The maximum absolute atomic E-state index is 12.6. The molecule has 6 heteroatoms. The number of fused-ring (bicyclic) bond motifs is 1. The molecule has 0 radical (unpaired) electrons. The normalized spacial score (nSPS) is 30.8. The molecule has 0 heterocycles. The number of ether oxygens (including phenoxy) is 1. The van der Waals surface area contributed by atoms with Gasteiger partial charge in [0.05, 0.1) is 0 Å². The van der Waals surface area contributed by atoms with Gasteiger partial charge in [0.15, 0.2) is 5.96 Å². The quantitative estimate of drug-likeness (QED) is 0.112. The summed E-state index contributed by atoms with van der Waals surface area (Å²) in [4.78, 5) is 16.5. The van der Waals surface area contributed by atoms with E-state index < -0.39 is 6.04 Å². The minimum atomic E-state index is -0.651. The van der Waals surface area contributed by atoms with Gasteiger partial charge >= 0.3 is 5.97 Å². The predicted octanol–water partition coefficient (Wildman–Crippen LogP) is 6.55.